The van der Waals surface area contributed by atoms with E-state index >= 15 is 0 Å². The van der Waals surface area contributed by atoms with Gasteiger partial charge in [-0.25, -0.2) is 9.78 Å². The van der Waals surface area contributed by atoms with Crippen molar-refractivity contribution in [1.29, 1.82) is 0 Å². The van der Waals surface area contributed by atoms with Crippen molar-refractivity contribution in [2.24, 2.45) is 7.05 Å². The van der Waals surface area contributed by atoms with Crippen molar-refractivity contribution in [1.82, 2.24) is 30.0 Å². The van der Waals surface area contributed by atoms with Crippen molar-refractivity contribution in [2.75, 3.05) is 39.3 Å². The fourth-order valence-corrected chi connectivity index (χ4v) is 3.66. The topological polar surface area (TPSA) is 109 Å². The van der Waals surface area contributed by atoms with E-state index in [1.807, 2.05) is 43.7 Å². The Labute approximate surface area is 187 Å². The molecular weight excluding hydrogens is 412 g/mol. The van der Waals surface area contributed by atoms with Crippen LogP contribution >= 0.6 is 0 Å². The van der Waals surface area contributed by atoms with Crippen LogP contribution in [0.25, 0.3) is 11.0 Å². The minimum atomic E-state index is -0.439. The second-order valence-electron chi connectivity index (χ2n) is 8.15. The van der Waals surface area contributed by atoms with E-state index in [4.69, 9.17) is 9.72 Å². The highest BCUT2D eigenvalue weighted by Crippen LogP contribution is 2.19. The number of carbonyl (C=O) groups excluding carboxylic acids is 3. The van der Waals surface area contributed by atoms with Gasteiger partial charge in [-0.15, -0.1) is 0 Å². The molecule has 1 saturated heterocycles. The van der Waals surface area contributed by atoms with Gasteiger partial charge in [0.05, 0.1) is 24.2 Å². The normalized spacial score (nSPS) is 14.6. The second kappa shape index (κ2) is 10.4. The van der Waals surface area contributed by atoms with Crippen molar-refractivity contribution < 1.29 is 19.1 Å². The third-order valence-corrected chi connectivity index (χ3v) is 5.37. The number of hydrogen-bond acceptors (Lipinski definition) is 6. The van der Waals surface area contributed by atoms with Crippen LogP contribution in [-0.2, 0) is 23.1 Å². The summed E-state index contributed by atoms with van der Waals surface area (Å²) >= 11 is 0. The Morgan fingerprint density at radius 3 is 2.53 bits per heavy atom. The molecule has 0 bridgehead atoms. The standard InChI is InChI=1S/C22H32N6O4/c1-5-32-20(29)13-23-22(31)28-10-8-27(9-11-28)14-19-25-17-12-16(21(30)24-15(2)3)6-7-18(17)26(19)4/h6-7,12,15H,5,8-11,13-14H2,1-4H3,(H,23,31)(H,24,30). The van der Waals surface area contributed by atoms with Gasteiger partial charge < -0.3 is 24.8 Å². The van der Waals surface area contributed by atoms with Crippen molar-refractivity contribution in [3.63, 3.8) is 0 Å². The predicted molar refractivity (Wildman–Crippen MR) is 120 cm³/mol. The Bertz CT molecular complexity index is 978. The first-order chi connectivity index (χ1) is 15.3. The average Bonchev–Trinajstić information content (AvgIpc) is 3.07. The molecule has 2 N–H and O–H groups in total. The highest BCUT2D eigenvalue weighted by atomic mass is 16.5. The first-order valence-corrected chi connectivity index (χ1v) is 11.0. The Morgan fingerprint density at radius 2 is 1.88 bits per heavy atom. The van der Waals surface area contributed by atoms with E-state index < -0.39 is 5.97 Å². The number of esters is 1. The quantitative estimate of drug-likeness (QED) is 0.619. The van der Waals surface area contributed by atoms with Crippen LogP contribution in [-0.4, -0.2) is 82.6 Å². The summed E-state index contributed by atoms with van der Waals surface area (Å²) < 4.78 is 6.86. The predicted octanol–water partition coefficient (Wildman–Crippen LogP) is 1.10. The molecular formula is C22H32N6O4. The monoisotopic (exact) mass is 444 g/mol. The first-order valence-electron chi connectivity index (χ1n) is 11.0. The lowest BCUT2D eigenvalue weighted by atomic mass is 10.2. The number of nitrogens with zero attached hydrogens (tertiary/aromatic N) is 4. The fourth-order valence-electron chi connectivity index (χ4n) is 3.66. The summed E-state index contributed by atoms with van der Waals surface area (Å²) in [5, 5.41) is 5.50. The molecule has 0 radical (unpaired) electrons. The summed E-state index contributed by atoms with van der Waals surface area (Å²) in [7, 11) is 1.97. The Kier molecular flexibility index (Phi) is 7.68. The number of benzene rings is 1. The molecule has 3 amide bonds. The number of imidazole rings is 1. The maximum absolute atomic E-state index is 12.3. The molecule has 2 aromatic rings. The number of ether oxygens (including phenoxy) is 1. The van der Waals surface area contributed by atoms with Gasteiger partial charge in [0.15, 0.2) is 0 Å². The van der Waals surface area contributed by atoms with Gasteiger partial charge in [0.1, 0.15) is 12.4 Å². The maximum atomic E-state index is 12.3. The molecule has 1 aromatic carbocycles. The minimum Gasteiger partial charge on any atom is -0.465 e. The molecule has 0 spiro atoms. The van der Waals surface area contributed by atoms with Gasteiger partial charge in [0.2, 0.25) is 0 Å². The van der Waals surface area contributed by atoms with Gasteiger partial charge in [-0.3, -0.25) is 14.5 Å². The molecule has 0 aliphatic carbocycles. The summed E-state index contributed by atoms with van der Waals surface area (Å²) in [6.45, 7) is 8.96. The molecule has 1 fully saturated rings. The molecule has 10 heteroatoms. The molecule has 0 atom stereocenters. The SMILES string of the molecule is CCOC(=O)CNC(=O)N1CCN(Cc2nc3cc(C(=O)NC(C)C)ccc3n2C)CC1. The van der Waals surface area contributed by atoms with Gasteiger partial charge in [-0.1, -0.05) is 0 Å². The summed E-state index contributed by atoms with van der Waals surface area (Å²) in [4.78, 5) is 44.6. The molecule has 174 valence electrons. The van der Waals surface area contributed by atoms with E-state index in [1.54, 1.807) is 11.8 Å². The molecule has 32 heavy (non-hydrogen) atoms. The summed E-state index contributed by atoms with van der Waals surface area (Å²) in [6.07, 6.45) is 0. The van der Waals surface area contributed by atoms with Crippen LogP contribution < -0.4 is 10.6 Å². The van der Waals surface area contributed by atoms with Crippen LogP contribution in [0.5, 0.6) is 0 Å². The Hall–Kier alpha value is -3.14. The van der Waals surface area contributed by atoms with Crippen LogP contribution in [0, 0.1) is 0 Å². The zero-order valence-corrected chi connectivity index (χ0v) is 19.2. The summed E-state index contributed by atoms with van der Waals surface area (Å²) in [6, 6.07) is 5.38. The smallest absolute Gasteiger partial charge is 0.325 e. The summed E-state index contributed by atoms with van der Waals surface area (Å²) in [5.41, 5.74) is 2.35. The van der Waals surface area contributed by atoms with Crippen molar-refractivity contribution in [3.8, 4) is 0 Å². The van der Waals surface area contributed by atoms with E-state index in [0.29, 0.717) is 44.9 Å². The van der Waals surface area contributed by atoms with Gasteiger partial charge >= 0.3 is 12.0 Å². The Morgan fingerprint density at radius 1 is 1.16 bits per heavy atom. The number of urea groups is 1. The lowest BCUT2D eigenvalue weighted by Crippen LogP contribution is -2.52. The number of carbonyl (C=O) groups is 3. The van der Waals surface area contributed by atoms with Crippen molar-refractivity contribution >= 4 is 28.9 Å². The highest BCUT2D eigenvalue weighted by molar-refractivity contribution is 5.97. The third kappa shape index (κ3) is 5.76. The van der Waals surface area contributed by atoms with E-state index in [0.717, 1.165) is 16.9 Å². The van der Waals surface area contributed by atoms with E-state index in [-0.39, 0.29) is 24.5 Å². The molecule has 1 aliphatic rings. The number of aryl methyl sites for hydroxylation is 1. The van der Waals surface area contributed by atoms with Crippen molar-refractivity contribution in [3.05, 3.63) is 29.6 Å². The van der Waals surface area contributed by atoms with E-state index in [2.05, 4.69) is 15.5 Å². The number of rotatable bonds is 7. The van der Waals surface area contributed by atoms with Crippen LogP contribution in [0.3, 0.4) is 0 Å². The molecule has 3 rings (SSSR count). The first kappa shape index (κ1) is 23.5. The number of piperazine rings is 1. The van der Waals surface area contributed by atoms with Crippen LogP contribution in [0.1, 0.15) is 37.0 Å². The van der Waals surface area contributed by atoms with Gasteiger partial charge in [0.25, 0.3) is 5.91 Å². The molecule has 0 unspecified atom stereocenters. The van der Waals surface area contributed by atoms with Crippen LogP contribution in [0.15, 0.2) is 18.2 Å². The van der Waals surface area contributed by atoms with Gasteiger partial charge in [-0.05, 0) is 39.0 Å². The summed E-state index contributed by atoms with van der Waals surface area (Å²) in [5.74, 6) is 0.360. The number of nitrogens with one attached hydrogen (secondary N) is 2. The molecule has 10 nitrogen and oxygen atoms in total. The highest BCUT2D eigenvalue weighted by Gasteiger charge is 2.23. The van der Waals surface area contributed by atoms with Crippen LogP contribution in [0.2, 0.25) is 0 Å². The number of fused-ring (bicyclic) bond motifs is 1. The third-order valence-electron chi connectivity index (χ3n) is 5.37. The molecule has 1 aromatic heterocycles. The minimum absolute atomic E-state index is 0.0726. The second-order valence-corrected chi connectivity index (χ2v) is 8.15. The molecule has 0 saturated carbocycles. The maximum Gasteiger partial charge on any atom is 0.325 e. The number of amides is 3. The average molecular weight is 445 g/mol. The largest absolute Gasteiger partial charge is 0.465 e. The molecule has 1 aliphatic heterocycles. The lowest BCUT2D eigenvalue weighted by molar-refractivity contribution is -0.141. The van der Waals surface area contributed by atoms with Gasteiger partial charge in [-0.2, -0.15) is 0 Å². The molecule has 2 heterocycles. The number of hydrogen-bond donors (Lipinski definition) is 2. The zero-order valence-electron chi connectivity index (χ0n) is 19.2. The van der Waals surface area contributed by atoms with Crippen LogP contribution in [0.4, 0.5) is 4.79 Å². The number of aromatic nitrogens is 2. The van der Waals surface area contributed by atoms with Gasteiger partial charge in [0, 0.05) is 44.8 Å². The van der Waals surface area contributed by atoms with E-state index in [9.17, 15) is 14.4 Å². The van der Waals surface area contributed by atoms with E-state index in [1.165, 1.54) is 0 Å². The van der Waals surface area contributed by atoms with Crippen molar-refractivity contribution in [2.45, 2.75) is 33.4 Å². The lowest BCUT2D eigenvalue weighted by Gasteiger charge is -2.34. The zero-order chi connectivity index (χ0) is 23.3. The Balaban J connectivity index is 1.57. The fraction of sp³-hybridized carbons (Fsp3) is 0.545.